The maximum absolute atomic E-state index is 5.65. The predicted octanol–water partition coefficient (Wildman–Crippen LogP) is 2.98. The highest BCUT2D eigenvalue weighted by atomic mass is 35.5. The summed E-state index contributed by atoms with van der Waals surface area (Å²) < 4.78 is 10.4. The zero-order valence-corrected chi connectivity index (χ0v) is 10.6. The molecule has 0 radical (unpaired) electrons. The molecule has 1 aromatic heterocycles. The first-order valence-corrected chi connectivity index (χ1v) is 6.47. The lowest BCUT2D eigenvalue weighted by molar-refractivity contribution is 0.194. The van der Waals surface area contributed by atoms with E-state index in [0.29, 0.717) is 17.6 Å². The molecule has 2 heterocycles. The summed E-state index contributed by atoms with van der Waals surface area (Å²) in [6, 6.07) is 8.20. The lowest BCUT2D eigenvalue weighted by atomic mass is 9.97. The van der Waals surface area contributed by atoms with E-state index in [1.165, 1.54) is 5.56 Å². The molecule has 1 fully saturated rings. The Labute approximate surface area is 110 Å². The Bertz CT molecular complexity index is 535. The summed E-state index contributed by atoms with van der Waals surface area (Å²) in [6.45, 7) is 1.64. The summed E-state index contributed by atoms with van der Waals surface area (Å²) >= 11 is 5.65. The Balaban J connectivity index is 1.90. The van der Waals surface area contributed by atoms with E-state index in [2.05, 4.69) is 22.3 Å². The van der Waals surface area contributed by atoms with Gasteiger partial charge < -0.3 is 9.26 Å². The normalized spacial score (nSPS) is 19.3. The van der Waals surface area contributed by atoms with E-state index in [1.54, 1.807) is 0 Å². The van der Waals surface area contributed by atoms with Gasteiger partial charge in [0.2, 0.25) is 11.7 Å². The molecular weight excluding hydrogens is 252 g/mol. The number of ether oxygens (including phenoxy) is 1. The Morgan fingerprint density at radius 1 is 1.39 bits per heavy atom. The number of hydrogen-bond acceptors (Lipinski definition) is 4. The lowest BCUT2D eigenvalue weighted by Gasteiger charge is -2.08. The SMILES string of the molecule is ClCc1nc(-c2cccc(C3CCOC3)c2)no1. The van der Waals surface area contributed by atoms with Crippen LogP contribution in [0.25, 0.3) is 11.4 Å². The first kappa shape index (κ1) is 11.7. The van der Waals surface area contributed by atoms with Crippen LogP contribution in [0.5, 0.6) is 0 Å². The minimum absolute atomic E-state index is 0.239. The Kier molecular flexibility index (Phi) is 3.30. The molecule has 0 N–H and O–H groups in total. The van der Waals surface area contributed by atoms with Crippen LogP contribution in [0.3, 0.4) is 0 Å². The largest absolute Gasteiger partial charge is 0.381 e. The Morgan fingerprint density at radius 3 is 3.06 bits per heavy atom. The van der Waals surface area contributed by atoms with Crippen LogP contribution in [-0.4, -0.2) is 23.4 Å². The lowest BCUT2D eigenvalue weighted by Crippen LogP contribution is -1.97. The molecule has 1 atom stereocenters. The van der Waals surface area contributed by atoms with E-state index in [-0.39, 0.29) is 5.88 Å². The molecule has 5 heteroatoms. The fourth-order valence-corrected chi connectivity index (χ4v) is 2.26. The zero-order chi connectivity index (χ0) is 12.4. The molecule has 4 nitrogen and oxygen atoms in total. The third kappa shape index (κ3) is 2.26. The molecule has 94 valence electrons. The van der Waals surface area contributed by atoms with Gasteiger partial charge in [0, 0.05) is 18.1 Å². The average Bonchev–Trinajstić information content (AvgIpc) is 3.10. The van der Waals surface area contributed by atoms with E-state index in [9.17, 15) is 0 Å². The molecular formula is C13H13ClN2O2. The van der Waals surface area contributed by atoms with Crippen molar-refractivity contribution in [2.75, 3.05) is 13.2 Å². The molecule has 1 unspecified atom stereocenters. The van der Waals surface area contributed by atoms with Gasteiger partial charge in [0.15, 0.2) is 0 Å². The first-order valence-electron chi connectivity index (χ1n) is 5.93. The number of aromatic nitrogens is 2. The van der Waals surface area contributed by atoms with Crippen molar-refractivity contribution in [3.63, 3.8) is 0 Å². The van der Waals surface area contributed by atoms with Gasteiger partial charge in [-0.2, -0.15) is 4.98 Å². The summed E-state index contributed by atoms with van der Waals surface area (Å²) in [5.74, 6) is 1.75. The summed E-state index contributed by atoms with van der Waals surface area (Å²) in [7, 11) is 0. The maximum atomic E-state index is 5.65. The first-order chi connectivity index (χ1) is 8.86. The van der Waals surface area contributed by atoms with Gasteiger partial charge in [0.25, 0.3) is 0 Å². The van der Waals surface area contributed by atoms with Crippen LogP contribution in [0.15, 0.2) is 28.8 Å². The summed E-state index contributed by atoms with van der Waals surface area (Å²) in [6.07, 6.45) is 1.07. The predicted molar refractivity (Wildman–Crippen MR) is 67.5 cm³/mol. The highest BCUT2D eigenvalue weighted by Gasteiger charge is 2.18. The van der Waals surface area contributed by atoms with E-state index in [0.717, 1.165) is 25.2 Å². The fourth-order valence-electron chi connectivity index (χ4n) is 2.16. The molecule has 1 aliphatic rings. The van der Waals surface area contributed by atoms with E-state index < -0.39 is 0 Å². The van der Waals surface area contributed by atoms with Gasteiger partial charge >= 0.3 is 0 Å². The van der Waals surface area contributed by atoms with Crippen molar-refractivity contribution < 1.29 is 9.26 Å². The number of halogens is 1. The molecule has 0 saturated carbocycles. The molecule has 0 bridgehead atoms. The van der Waals surface area contributed by atoms with Crippen LogP contribution < -0.4 is 0 Å². The highest BCUT2D eigenvalue weighted by Crippen LogP contribution is 2.28. The second kappa shape index (κ2) is 5.08. The van der Waals surface area contributed by atoms with Gasteiger partial charge in [0.05, 0.1) is 6.61 Å². The molecule has 3 rings (SSSR count). The van der Waals surface area contributed by atoms with Crippen LogP contribution >= 0.6 is 11.6 Å². The van der Waals surface area contributed by atoms with Crippen molar-refractivity contribution in [1.82, 2.24) is 10.1 Å². The van der Waals surface area contributed by atoms with Gasteiger partial charge in [-0.3, -0.25) is 0 Å². The van der Waals surface area contributed by atoms with Crippen LogP contribution in [-0.2, 0) is 10.6 Å². The Hall–Kier alpha value is -1.39. The third-order valence-corrected chi connectivity index (χ3v) is 3.36. The van der Waals surface area contributed by atoms with Crippen molar-refractivity contribution in [3.05, 3.63) is 35.7 Å². The second-order valence-corrected chi connectivity index (χ2v) is 4.60. The van der Waals surface area contributed by atoms with E-state index >= 15 is 0 Å². The van der Waals surface area contributed by atoms with E-state index in [1.807, 2.05) is 12.1 Å². The number of rotatable bonds is 3. The smallest absolute Gasteiger partial charge is 0.241 e. The van der Waals surface area contributed by atoms with Gasteiger partial charge in [0.1, 0.15) is 5.88 Å². The zero-order valence-electron chi connectivity index (χ0n) is 9.80. The van der Waals surface area contributed by atoms with Crippen LogP contribution in [0.1, 0.15) is 23.8 Å². The fraction of sp³-hybridized carbons (Fsp3) is 0.385. The molecule has 0 amide bonds. The van der Waals surface area contributed by atoms with Crippen molar-refractivity contribution in [2.24, 2.45) is 0 Å². The van der Waals surface area contributed by atoms with Gasteiger partial charge in [-0.25, -0.2) is 0 Å². The number of nitrogens with zero attached hydrogens (tertiary/aromatic N) is 2. The van der Waals surface area contributed by atoms with E-state index in [4.69, 9.17) is 20.9 Å². The molecule has 18 heavy (non-hydrogen) atoms. The second-order valence-electron chi connectivity index (χ2n) is 4.33. The van der Waals surface area contributed by atoms with Crippen LogP contribution in [0, 0.1) is 0 Å². The van der Waals surface area contributed by atoms with Gasteiger partial charge in [-0.15, -0.1) is 11.6 Å². The van der Waals surface area contributed by atoms with Crippen molar-refractivity contribution in [1.29, 1.82) is 0 Å². The summed E-state index contributed by atoms with van der Waals surface area (Å²) in [4.78, 5) is 4.23. The summed E-state index contributed by atoms with van der Waals surface area (Å²) in [5, 5.41) is 3.92. The van der Waals surface area contributed by atoms with Gasteiger partial charge in [-0.1, -0.05) is 23.4 Å². The summed E-state index contributed by atoms with van der Waals surface area (Å²) in [5.41, 5.74) is 2.22. The number of benzene rings is 1. The van der Waals surface area contributed by atoms with Gasteiger partial charge in [-0.05, 0) is 18.1 Å². The number of hydrogen-bond donors (Lipinski definition) is 0. The minimum Gasteiger partial charge on any atom is -0.381 e. The monoisotopic (exact) mass is 264 g/mol. The molecule has 1 aliphatic heterocycles. The van der Waals surface area contributed by atoms with Crippen molar-refractivity contribution >= 4 is 11.6 Å². The maximum Gasteiger partial charge on any atom is 0.241 e. The third-order valence-electron chi connectivity index (χ3n) is 3.13. The molecule has 1 aromatic carbocycles. The molecule has 1 saturated heterocycles. The standard InChI is InChI=1S/C13H13ClN2O2/c14-7-12-15-13(16-18-12)10-3-1-2-9(6-10)11-4-5-17-8-11/h1-3,6,11H,4-5,7-8H2. The molecule has 2 aromatic rings. The van der Waals surface area contributed by atoms with Crippen LogP contribution in [0.4, 0.5) is 0 Å². The topological polar surface area (TPSA) is 48.2 Å². The highest BCUT2D eigenvalue weighted by molar-refractivity contribution is 6.16. The molecule has 0 aliphatic carbocycles. The van der Waals surface area contributed by atoms with Crippen LogP contribution in [0.2, 0.25) is 0 Å². The van der Waals surface area contributed by atoms with Crippen molar-refractivity contribution in [2.45, 2.75) is 18.2 Å². The average molecular weight is 265 g/mol. The number of alkyl halides is 1. The Morgan fingerprint density at radius 2 is 2.33 bits per heavy atom. The van der Waals surface area contributed by atoms with Crippen molar-refractivity contribution in [3.8, 4) is 11.4 Å². The minimum atomic E-state index is 0.239. The molecule has 0 spiro atoms. The quantitative estimate of drug-likeness (QED) is 0.800.